The minimum atomic E-state index is -4.40. The van der Waals surface area contributed by atoms with Gasteiger partial charge in [-0.25, -0.2) is 0 Å². The van der Waals surface area contributed by atoms with Crippen molar-refractivity contribution in [3.8, 4) is 0 Å². The number of aromatic nitrogens is 1. The van der Waals surface area contributed by atoms with Crippen molar-refractivity contribution in [1.29, 1.82) is 0 Å². The first kappa shape index (κ1) is 16.8. The van der Waals surface area contributed by atoms with Crippen molar-refractivity contribution in [3.05, 3.63) is 71.4 Å². The van der Waals surface area contributed by atoms with Crippen molar-refractivity contribution in [2.24, 2.45) is 0 Å². The van der Waals surface area contributed by atoms with E-state index < -0.39 is 11.7 Å². The molecule has 2 N–H and O–H groups in total. The van der Waals surface area contributed by atoms with Crippen molar-refractivity contribution in [3.63, 3.8) is 0 Å². The molecule has 128 valence electrons. The quantitative estimate of drug-likeness (QED) is 0.628. The van der Waals surface area contributed by atoms with Crippen molar-refractivity contribution in [2.75, 3.05) is 5.32 Å². The monoisotopic (exact) mass is 344 g/mol. The van der Waals surface area contributed by atoms with E-state index in [1.54, 1.807) is 19.2 Å². The molecule has 1 heterocycles. The van der Waals surface area contributed by atoms with Gasteiger partial charge < -0.3 is 10.3 Å². The van der Waals surface area contributed by atoms with Crippen LogP contribution in [0.3, 0.4) is 0 Å². The van der Waals surface area contributed by atoms with Gasteiger partial charge in [-0.1, -0.05) is 18.2 Å². The Kier molecular flexibility index (Phi) is 4.35. The summed E-state index contributed by atoms with van der Waals surface area (Å²) in [6, 6.07) is 12.0. The van der Waals surface area contributed by atoms with Crippen LogP contribution >= 0.6 is 0 Å². The minimum absolute atomic E-state index is 0.310. The molecule has 6 heteroatoms. The first-order valence-electron chi connectivity index (χ1n) is 7.57. The summed E-state index contributed by atoms with van der Waals surface area (Å²) in [5, 5.41) is 3.59. The largest absolute Gasteiger partial charge is 0.416 e. The number of hydrogen-bond acceptors (Lipinski definition) is 1. The van der Waals surface area contributed by atoms with Gasteiger partial charge in [-0.3, -0.25) is 4.79 Å². The highest BCUT2D eigenvalue weighted by Gasteiger charge is 2.29. The van der Waals surface area contributed by atoms with E-state index in [0.717, 1.165) is 28.6 Å². The number of H-pyrrole nitrogens is 1. The lowest BCUT2D eigenvalue weighted by Gasteiger charge is -2.09. The van der Waals surface area contributed by atoms with E-state index in [9.17, 15) is 18.0 Å². The number of rotatable bonds is 3. The second-order valence-corrected chi connectivity index (χ2v) is 5.65. The Hall–Kier alpha value is -3.02. The van der Waals surface area contributed by atoms with Crippen LogP contribution in [-0.4, -0.2) is 10.9 Å². The molecule has 1 aromatic heterocycles. The van der Waals surface area contributed by atoms with E-state index in [-0.39, 0.29) is 5.91 Å². The first-order valence-corrected chi connectivity index (χ1v) is 7.57. The summed E-state index contributed by atoms with van der Waals surface area (Å²) in [6.45, 7) is 1.65. The highest BCUT2D eigenvalue weighted by Crippen LogP contribution is 2.30. The molecule has 1 amide bonds. The zero-order chi connectivity index (χ0) is 18.0. The van der Waals surface area contributed by atoms with Gasteiger partial charge in [0.1, 0.15) is 0 Å². The molecule has 0 saturated heterocycles. The van der Waals surface area contributed by atoms with Crippen LogP contribution in [0.15, 0.2) is 60.3 Å². The van der Waals surface area contributed by atoms with E-state index >= 15 is 0 Å². The molecule has 2 aromatic carbocycles. The molecule has 0 unspecified atom stereocenters. The Labute approximate surface area is 142 Å². The molecule has 0 bridgehead atoms. The van der Waals surface area contributed by atoms with Gasteiger partial charge in [0.25, 0.3) is 5.91 Å². The Morgan fingerprint density at radius 3 is 2.44 bits per heavy atom. The second-order valence-electron chi connectivity index (χ2n) is 5.65. The van der Waals surface area contributed by atoms with Gasteiger partial charge in [-0.2, -0.15) is 13.2 Å². The number of fused-ring (bicyclic) bond motifs is 1. The molecular formula is C19H15F3N2O. The number of aromatic amines is 1. The molecule has 25 heavy (non-hydrogen) atoms. The van der Waals surface area contributed by atoms with Gasteiger partial charge >= 0.3 is 6.18 Å². The Balaban J connectivity index is 1.76. The fourth-order valence-corrected chi connectivity index (χ4v) is 2.48. The van der Waals surface area contributed by atoms with Gasteiger partial charge in [0.15, 0.2) is 0 Å². The minimum Gasteiger partial charge on any atom is -0.361 e. The third-order valence-corrected chi connectivity index (χ3v) is 3.82. The van der Waals surface area contributed by atoms with Gasteiger partial charge in [0, 0.05) is 33.9 Å². The molecule has 3 aromatic rings. The zero-order valence-electron chi connectivity index (χ0n) is 13.3. The maximum atomic E-state index is 12.6. The molecule has 3 rings (SSSR count). The van der Waals surface area contributed by atoms with Crippen molar-refractivity contribution in [1.82, 2.24) is 4.98 Å². The summed E-state index contributed by atoms with van der Waals surface area (Å²) >= 11 is 0. The smallest absolute Gasteiger partial charge is 0.361 e. The lowest BCUT2D eigenvalue weighted by atomic mass is 10.1. The molecule has 0 fully saturated rings. The predicted molar refractivity (Wildman–Crippen MR) is 92.0 cm³/mol. The molecule has 0 aliphatic carbocycles. The SMILES string of the molecule is C/C(=C\c1c[nH]c2ccccc12)C(=O)Nc1ccc(C(F)(F)F)cc1. The van der Waals surface area contributed by atoms with Crippen LogP contribution in [0.4, 0.5) is 18.9 Å². The molecule has 0 spiro atoms. The molecule has 0 atom stereocenters. The Morgan fingerprint density at radius 2 is 1.76 bits per heavy atom. The third kappa shape index (κ3) is 3.74. The number of para-hydroxylation sites is 1. The van der Waals surface area contributed by atoms with Crippen LogP contribution < -0.4 is 5.32 Å². The van der Waals surface area contributed by atoms with E-state index in [4.69, 9.17) is 0 Å². The highest BCUT2D eigenvalue weighted by atomic mass is 19.4. The van der Waals surface area contributed by atoms with Crippen molar-refractivity contribution in [2.45, 2.75) is 13.1 Å². The molecule has 0 radical (unpaired) electrons. The number of alkyl halides is 3. The summed E-state index contributed by atoms with van der Waals surface area (Å²) in [5.74, 6) is -0.370. The molecule has 0 saturated carbocycles. The summed E-state index contributed by atoms with van der Waals surface area (Å²) in [5.41, 5.74) is 1.84. The standard InChI is InChI=1S/C19H15F3N2O/c1-12(10-13-11-23-17-5-3-2-4-16(13)17)18(25)24-15-8-6-14(7-9-15)19(20,21)22/h2-11,23H,1H3,(H,24,25)/b12-10+. The van der Waals surface area contributed by atoms with Crippen LogP contribution in [0.2, 0.25) is 0 Å². The topological polar surface area (TPSA) is 44.9 Å². The third-order valence-electron chi connectivity index (χ3n) is 3.82. The van der Waals surface area contributed by atoms with Gasteiger partial charge in [0.05, 0.1) is 5.56 Å². The van der Waals surface area contributed by atoms with Gasteiger partial charge in [0.2, 0.25) is 0 Å². The number of hydrogen-bond donors (Lipinski definition) is 2. The van der Waals surface area contributed by atoms with E-state index in [0.29, 0.717) is 11.3 Å². The summed E-state index contributed by atoms with van der Waals surface area (Å²) in [7, 11) is 0. The van der Waals surface area contributed by atoms with Crippen molar-refractivity contribution >= 4 is 28.6 Å². The fraction of sp³-hybridized carbons (Fsp3) is 0.105. The van der Waals surface area contributed by atoms with Crippen LogP contribution in [0.25, 0.3) is 17.0 Å². The lowest BCUT2D eigenvalue weighted by Crippen LogP contribution is -2.13. The predicted octanol–water partition coefficient (Wildman–Crippen LogP) is 5.23. The normalized spacial score (nSPS) is 12.4. The molecular weight excluding hydrogens is 329 g/mol. The summed E-state index contributed by atoms with van der Waals surface area (Å²) < 4.78 is 37.7. The average Bonchev–Trinajstić information content (AvgIpc) is 2.97. The van der Waals surface area contributed by atoms with Gasteiger partial charge in [-0.05, 0) is 43.3 Å². The van der Waals surface area contributed by atoms with Gasteiger partial charge in [-0.15, -0.1) is 0 Å². The van der Waals surface area contributed by atoms with Crippen LogP contribution in [0, 0.1) is 0 Å². The van der Waals surface area contributed by atoms with E-state index in [1.807, 2.05) is 24.3 Å². The number of amides is 1. The maximum Gasteiger partial charge on any atom is 0.416 e. The number of nitrogens with one attached hydrogen (secondary N) is 2. The number of carbonyl (C=O) groups is 1. The Bertz CT molecular complexity index is 937. The fourth-order valence-electron chi connectivity index (χ4n) is 2.48. The van der Waals surface area contributed by atoms with Crippen LogP contribution in [0.1, 0.15) is 18.1 Å². The molecule has 0 aliphatic heterocycles. The lowest BCUT2D eigenvalue weighted by molar-refractivity contribution is -0.137. The van der Waals surface area contributed by atoms with Crippen LogP contribution in [-0.2, 0) is 11.0 Å². The number of benzene rings is 2. The van der Waals surface area contributed by atoms with E-state index in [2.05, 4.69) is 10.3 Å². The number of carbonyl (C=O) groups excluding carboxylic acids is 1. The zero-order valence-corrected chi connectivity index (χ0v) is 13.3. The van der Waals surface area contributed by atoms with Crippen molar-refractivity contribution < 1.29 is 18.0 Å². The number of halogens is 3. The highest BCUT2D eigenvalue weighted by molar-refractivity contribution is 6.07. The summed E-state index contributed by atoms with van der Waals surface area (Å²) in [4.78, 5) is 15.4. The molecule has 3 nitrogen and oxygen atoms in total. The maximum absolute atomic E-state index is 12.6. The van der Waals surface area contributed by atoms with Crippen LogP contribution in [0.5, 0.6) is 0 Å². The second kappa shape index (κ2) is 6.47. The first-order chi connectivity index (χ1) is 11.8. The van der Waals surface area contributed by atoms with E-state index in [1.165, 1.54) is 12.1 Å². The molecule has 0 aliphatic rings. The summed E-state index contributed by atoms with van der Waals surface area (Å²) in [6.07, 6.45) is -0.856. The Morgan fingerprint density at radius 1 is 1.08 bits per heavy atom. The number of anilines is 1. The average molecular weight is 344 g/mol.